The van der Waals surface area contributed by atoms with E-state index in [0.29, 0.717) is 12.2 Å². The summed E-state index contributed by atoms with van der Waals surface area (Å²) in [6.45, 7) is 3.41. The molecule has 0 radical (unpaired) electrons. The number of fused-ring (bicyclic) bond motifs is 1. The van der Waals surface area contributed by atoms with E-state index in [0.717, 1.165) is 40.2 Å². The van der Waals surface area contributed by atoms with Gasteiger partial charge in [0, 0.05) is 23.0 Å². The van der Waals surface area contributed by atoms with E-state index in [4.69, 9.17) is 10.5 Å². The van der Waals surface area contributed by atoms with Crippen molar-refractivity contribution >= 4 is 27.4 Å². The zero-order chi connectivity index (χ0) is 14.1. The summed E-state index contributed by atoms with van der Waals surface area (Å²) in [5.74, 6) is 1.83. The lowest BCUT2D eigenvalue weighted by Gasteiger charge is -2.11. The van der Waals surface area contributed by atoms with Crippen LogP contribution in [-0.4, -0.2) is 11.6 Å². The number of pyridine rings is 1. The molecule has 1 aromatic heterocycles. The summed E-state index contributed by atoms with van der Waals surface area (Å²) in [6, 6.07) is 6.16. The molecule has 0 saturated carbocycles. The highest BCUT2D eigenvalue weighted by Gasteiger charge is 2.17. The predicted molar refractivity (Wildman–Crippen MR) is 84.1 cm³/mol. The molecule has 0 bridgehead atoms. The maximum atomic E-state index is 5.77. The van der Waals surface area contributed by atoms with Crippen molar-refractivity contribution in [3.8, 4) is 5.75 Å². The molecule has 3 rings (SSSR count). The Hall–Kier alpha value is -1.75. The smallest absolute Gasteiger partial charge is 0.127 e. The first-order chi connectivity index (χ1) is 9.63. The Morgan fingerprint density at radius 1 is 1.40 bits per heavy atom. The third-order valence-corrected chi connectivity index (χ3v) is 3.89. The molecule has 0 aliphatic carbocycles. The fraction of sp³-hybridized carbons (Fsp3) is 0.267. The predicted octanol–water partition coefficient (Wildman–Crippen LogP) is 3.28. The molecule has 0 spiro atoms. The van der Waals surface area contributed by atoms with Gasteiger partial charge in [0.25, 0.3) is 0 Å². The van der Waals surface area contributed by atoms with Gasteiger partial charge >= 0.3 is 0 Å². The summed E-state index contributed by atoms with van der Waals surface area (Å²) in [5.41, 5.74) is 9.91. The Morgan fingerprint density at radius 3 is 3.05 bits per heavy atom. The molecule has 4 nitrogen and oxygen atoms in total. The van der Waals surface area contributed by atoms with Gasteiger partial charge in [-0.25, -0.2) is 4.98 Å². The SMILES string of the molecule is Cc1cc(NCc2cc(Br)cc3c2OCC3)ncc1N. The number of nitrogens with one attached hydrogen (secondary N) is 1. The zero-order valence-corrected chi connectivity index (χ0v) is 12.8. The molecule has 0 atom stereocenters. The molecule has 0 unspecified atom stereocenters. The number of aromatic nitrogens is 1. The van der Waals surface area contributed by atoms with Crippen LogP contribution in [-0.2, 0) is 13.0 Å². The van der Waals surface area contributed by atoms with Gasteiger partial charge in [0.2, 0.25) is 0 Å². The number of nitrogen functional groups attached to an aromatic ring is 1. The van der Waals surface area contributed by atoms with Gasteiger partial charge in [-0.3, -0.25) is 0 Å². The third kappa shape index (κ3) is 2.58. The monoisotopic (exact) mass is 333 g/mol. The van der Waals surface area contributed by atoms with E-state index in [2.05, 4.69) is 38.4 Å². The van der Waals surface area contributed by atoms with Gasteiger partial charge in [-0.1, -0.05) is 15.9 Å². The summed E-state index contributed by atoms with van der Waals surface area (Å²) in [6.07, 6.45) is 2.65. The van der Waals surface area contributed by atoms with Gasteiger partial charge < -0.3 is 15.8 Å². The summed E-state index contributed by atoms with van der Waals surface area (Å²) in [7, 11) is 0. The largest absolute Gasteiger partial charge is 0.493 e. The number of ether oxygens (including phenoxy) is 1. The summed E-state index contributed by atoms with van der Waals surface area (Å²) >= 11 is 3.55. The van der Waals surface area contributed by atoms with Crippen molar-refractivity contribution in [2.45, 2.75) is 19.9 Å². The van der Waals surface area contributed by atoms with Crippen molar-refractivity contribution < 1.29 is 4.74 Å². The maximum absolute atomic E-state index is 5.77. The van der Waals surface area contributed by atoms with E-state index in [-0.39, 0.29) is 0 Å². The molecule has 104 valence electrons. The third-order valence-electron chi connectivity index (χ3n) is 3.44. The number of hydrogen-bond donors (Lipinski definition) is 2. The van der Waals surface area contributed by atoms with Crippen LogP contribution in [0.3, 0.4) is 0 Å². The van der Waals surface area contributed by atoms with Crippen LogP contribution >= 0.6 is 15.9 Å². The van der Waals surface area contributed by atoms with Gasteiger partial charge in [-0.2, -0.15) is 0 Å². The average Bonchev–Trinajstić information content (AvgIpc) is 2.88. The molecular formula is C15H16BrN3O. The van der Waals surface area contributed by atoms with Gasteiger partial charge in [0.15, 0.2) is 0 Å². The van der Waals surface area contributed by atoms with Crippen LogP contribution in [0, 0.1) is 6.92 Å². The Balaban J connectivity index is 1.80. The highest BCUT2D eigenvalue weighted by Crippen LogP contribution is 2.33. The van der Waals surface area contributed by atoms with Crippen LogP contribution in [0.2, 0.25) is 0 Å². The molecule has 5 heteroatoms. The van der Waals surface area contributed by atoms with E-state index in [9.17, 15) is 0 Å². The molecule has 1 aliphatic heterocycles. The Kier molecular flexibility index (Phi) is 3.53. The highest BCUT2D eigenvalue weighted by atomic mass is 79.9. The lowest BCUT2D eigenvalue weighted by atomic mass is 10.1. The summed E-state index contributed by atoms with van der Waals surface area (Å²) < 4.78 is 6.80. The average molecular weight is 334 g/mol. The first-order valence-corrected chi connectivity index (χ1v) is 7.33. The lowest BCUT2D eigenvalue weighted by Crippen LogP contribution is -2.04. The van der Waals surface area contributed by atoms with E-state index >= 15 is 0 Å². The minimum Gasteiger partial charge on any atom is -0.493 e. The molecule has 1 aromatic carbocycles. The molecule has 3 N–H and O–H groups in total. The normalized spacial score (nSPS) is 12.9. The van der Waals surface area contributed by atoms with Gasteiger partial charge in [0.05, 0.1) is 18.5 Å². The quantitative estimate of drug-likeness (QED) is 0.904. The van der Waals surface area contributed by atoms with Crippen molar-refractivity contribution in [1.82, 2.24) is 4.98 Å². The van der Waals surface area contributed by atoms with Crippen LogP contribution < -0.4 is 15.8 Å². The van der Waals surface area contributed by atoms with Crippen LogP contribution in [0.25, 0.3) is 0 Å². The van der Waals surface area contributed by atoms with Crippen LogP contribution in [0.1, 0.15) is 16.7 Å². The first kappa shape index (κ1) is 13.2. The second-order valence-electron chi connectivity index (χ2n) is 4.93. The first-order valence-electron chi connectivity index (χ1n) is 6.53. The highest BCUT2D eigenvalue weighted by molar-refractivity contribution is 9.10. The van der Waals surface area contributed by atoms with Gasteiger partial charge in [0.1, 0.15) is 11.6 Å². The van der Waals surface area contributed by atoms with Crippen LogP contribution in [0.4, 0.5) is 11.5 Å². The number of nitrogens with zero attached hydrogens (tertiary/aromatic N) is 1. The van der Waals surface area contributed by atoms with Crippen LogP contribution in [0.15, 0.2) is 28.9 Å². The maximum Gasteiger partial charge on any atom is 0.127 e. The van der Waals surface area contributed by atoms with Crippen molar-refractivity contribution in [3.63, 3.8) is 0 Å². The number of benzene rings is 1. The summed E-state index contributed by atoms with van der Waals surface area (Å²) in [5, 5.41) is 3.32. The van der Waals surface area contributed by atoms with E-state index < -0.39 is 0 Å². The molecule has 20 heavy (non-hydrogen) atoms. The zero-order valence-electron chi connectivity index (χ0n) is 11.2. The topological polar surface area (TPSA) is 60.2 Å². The standard InChI is InChI=1S/C15H16BrN3O/c1-9-4-14(19-8-13(9)17)18-7-11-6-12(16)5-10-2-3-20-15(10)11/h4-6,8H,2-3,7,17H2,1H3,(H,18,19). The van der Waals surface area contributed by atoms with E-state index in [1.54, 1.807) is 6.20 Å². The number of anilines is 2. The van der Waals surface area contributed by atoms with E-state index in [1.807, 2.05) is 13.0 Å². The molecule has 2 heterocycles. The van der Waals surface area contributed by atoms with Crippen molar-refractivity contribution in [3.05, 3.63) is 45.6 Å². The molecular weight excluding hydrogens is 318 g/mol. The number of halogens is 1. The molecule has 1 aliphatic rings. The Morgan fingerprint density at radius 2 is 2.25 bits per heavy atom. The number of aryl methyl sites for hydroxylation is 1. The minimum atomic E-state index is 0.679. The van der Waals surface area contributed by atoms with Crippen molar-refractivity contribution in [2.24, 2.45) is 0 Å². The minimum absolute atomic E-state index is 0.679. The Labute approximate surface area is 126 Å². The molecule has 0 fully saturated rings. The van der Waals surface area contributed by atoms with Gasteiger partial charge in [-0.15, -0.1) is 0 Å². The molecule has 0 saturated heterocycles. The molecule has 2 aromatic rings. The number of nitrogens with two attached hydrogens (primary N) is 1. The molecule has 0 amide bonds. The number of hydrogen-bond acceptors (Lipinski definition) is 4. The second kappa shape index (κ2) is 5.32. The number of rotatable bonds is 3. The lowest BCUT2D eigenvalue weighted by molar-refractivity contribution is 0.354. The van der Waals surface area contributed by atoms with Gasteiger partial charge in [-0.05, 0) is 36.2 Å². The Bertz CT molecular complexity index is 658. The van der Waals surface area contributed by atoms with Crippen LogP contribution in [0.5, 0.6) is 5.75 Å². The fourth-order valence-corrected chi connectivity index (χ4v) is 2.88. The van der Waals surface area contributed by atoms with Crippen molar-refractivity contribution in [1.29, 1.82) is 0 Å². The summed E-state index contributed by atoms with van der Waals surface area (Å²) in [4.78, 5) is 4.28. The van der Waals surface area contributed by atoms with E-state index in [1.165, 1.54) is 5.56 Å². The fourth-order valence-electron chi connectivity index (χ4n) is 2.33. The second-order valence-corrected chi connectivity index (χ2v) is 5.85. The van der Waals surface area contributed by atoms with Crippen molar-refractivity contribution in [2.75, 3.05) is 17.7 Å².